The Balaban J connectivity index is 2.04. The summed E-state index contributed by atoms with van der Waals surface area (Å²) in [5, 5.41) is 1.90. The average molecular weight is 485 g/mol. The number of rotatable bonds is 4. The van der Waals surface area contributed by atoms with Gasteiger partial charge in [0.25, 0.3) is 11.9 Å². The van der Waals surface area contributed by atoms with Crippen LogP contribution in [-0.4, -0.2) is 35.9 Å². The topological polar surface area (TPSA) is 89.6 Å². The van der Waals surface area contributed by atoms with Gasteiger partial charge in [-0.05, 0) is 12.1 Å². The molecular formula is C18H12ClF7N4O2. The second-order valence-electron chi connectivity index (χ2n) is 6.73. The predicted octanol–water partition coefficient (Wildman–Crippen LogP) is 4.24. The molecule has 2 aromatic rings. The van der Waals surface area contributed by atoms with Crippen LogP contribution < -0.4 is 11.1 Å². The van der Waals surface area contributed by atoms with Gasteiger partial charge in [0.2, 0.25) is 0 Å². The van der Waals surface area contributed by atoms with E-state index in [0.717, 1.165) is 12.3 Å². The molecule has 6 nitrogen and oxygen atoms in total. The molecule has 0 fully saturated rings. The maximum absolute atomic E-state index is 14.5. The van der Waals surface area contributed by atoms with E-state index in [0.29, 0.717) is 12.1 Å². The molecule has 0 bridgehead atoms. The summed E-state index contributed by atoms with van der Waals surface area (Å²) in [7, 11) is 0. The zero-order chi connectivity index (χ0) is 23.8. The monoisotopic (exact) mass is 484 g/mol. The van der Waals surface area contributed by atoms with Gasteiger partial charge < -0.3 is 15.8 Å². The van der Waals surface area contributed by atoms with E-state index >= 15 is 0 Å². The van der Waals surface area contributed by atoms with Crippen LogP contribution in [0.4, 0.5) is 36.4 Å². The molecule has 32 heavy (non-hydrogen) atoms. The fourth-order valence-corrected chi connectivity index (χ4v) is 3.20. The third-order valence-electron chi connectivity index (χ3n) is 4.51. The first-order chi connectivity index (χ1) is 14.9. The second kappa shape index (κ2) is 8.45. The highest BCUT2D eigenvalue weighted by Gasteiger charge is 2.52. The van der Waals surface area contributed by atoms with E-state index in [1.165, 1.54) is 0 Å². The van der Waals surface area contributed by atoms with E-state index in [4.69, 9.17) is 17.3 Å². The van der Waals surface area contributed by atoms with Crippen LogP contribution in [0, 0.1) is 17.5 Å². The molecule has 14 heteroatoms. The van der Waals surface area contributed by atoms with E-state index in [1.807, 2.05) is 5.32 Å². The number of alkyl halides is 4. The van der Waals surface area contributed by atoms with Gasteiger partial charge in [-0.2, -0.15) is 13.2 Å². The molecule has 2 atom stereocenters. The van der Waals surface area contributed by atoms with Crippen molar-refractivity contribution in [2.24, 2.45) is 10.7 Å². The van der Waals surface area contributed by atoms with Crippen molar-refractivity contribution >= 4 is 29.2 Å². The van der Waals surface area contributed by atoms with Gasteiger partial charge in [-0.3, -0.25) is 4.79 Å². The smallest absolute Gasteiger partial charge is 0.425 e. The lowest BCUT2D eigenvalue weighted by atomic mass is 9.84. The normalized spacial score (nSPS) is 21.0. The van der Waals surface area contributed by atoms with Crippen molar-refractivity contribution in [3.63, 3.8) is 0 Å². The Hall–Kier alpha value is -3.09. The molecule has 3 N–H and O–H groups in total. The molecule has 2 unspecified atom stereocenters. The maximum atomic E-state index is 14.5. The third kappa shape index (κ3) is 4.56. The maximum Gasteiger partial charge on any atom is 0.425 e. The zero-order valence-corrected chi connectivity index (χ0v) is 16.4. The third-order valence-corrected chi connectivity index (χ3v) is 4.71. The number of carbonyl (C=O) groups is 1. The van der Waals surface area contributed by atoms with E-state index in [2.05, 4.69) is 14.7 Å². The lowest BCUT2D eigenvalue weighted by molar-refractivity contribution is -0.209. The fourth-order valence-electron chi connectivity index (χ4n) is 3.06. The summed E-state index contributed by atoms with van der Waals surface area (Å²) < 4.78 is 100. The number of anilines is 1. The Kier molecular flexibility index (Phi) is 6.22. The largest absolute Gasteiger partial charge is 0.452 e. The van der Waals surface area contributed by atoms with E-state index < -0.39 is 77.2 Å². The molecule has 1 aromatic heterocycles. The molecule has 1 aromatic carbocycles. The number of benzene rings is 1. The van der Waals surface area contributed by atoms with Crippen LogP contribution in [0.15, 0.2) is 29.4 Å². The van der Waals surface area contributed by atoms with Crippen LogP contribution in [0.5, 0.6) is 0 Å². The Labute approximate surface area is 180 Å². The van der Waals surface area contributed by atoms with Gasteiger partial charge in [-0.15, -0.1) is 0 Å². The van der Waals surface area contributed by atoms with Crippen LogP contribution in [0.2, 0.25) is 5.02 Å². The van der Waals surface area contributed by atoms with Gasteiger partial charge >= 0.3 is 6.18 Å². The summed E-state index contributed by atoms with van der Waals surface area (Å²) >= 11 is 5.54. The highest BCUT2D eigenvalue weighted by atomic mass is 35.5. The molecule has 0 radical (unpaired) electrons. The quantitative estimate of drug-likeness (QED) is 0.635. The summed E-state index contributed by atoms with van der Waals surface area (Å²) in [5.74, 6) is -5.70. The average Bonchev–Trinajstić information content (AvgIpc) is 2.69. The number of nitrogens with two attached hydrogens (primary N) is 1. The summed E-state index contributed by atoms with van der Waals surface area (Å²) in [5.41, 5.74) is 0.390. The van der Waals surface area contributed by atoms with Crippen LogP contribution in [0.3, 0.4) is 0 Å². The molecule has 1 aliphatic heterocycles. The van der Waals surface area contributed by atoms with Crippen molar-refractivity contribution in [1.29, 1.82) is 0 Å². The lowest BCUT2D eigenvalue weighted by Crippen LogP contribution is -2.48. The number of amidine groups is 1. The van der Waals surface area contributed by atoms with Crippen molar-refractivity contribution in [3.05, 3.63) is 58.1 Å². The SMILES string of the molecule is NC1=NC(CF)(c2cc(NC(=O)c3ncc(Cl)cc3F)cc(F)c2F)CC(C(F)(F)F)O1. The van der Waals surface area contributed by atoms with Gasteiger partial charge in [0.05, 0.1) is 5.02 Å². The highest BCUT2D eigenvalue weighted by molar-refractivity contribution is 6.30. The predicted molar refractivity (Wildman–Crippen MR) is 98.3 cm³/mol. The van der Waals surface area contributed by atoms with Crippen LogP contribution >= 0.6 is 11.6 Å². The number of hydrogen-bond acceptors (Lipinski definition) is 5. The molecule has 1 aliphatic rings. The summed E-state index contributed by atoms with van der Waals surface area (Å²) in [6, 6.07) is 0.816. The molecule has 0 aliphatic carbocycles. The number of aromatic nitrogens is 1. The van der Waals surface area contributed by atoms with Crippen molar-refractivity contribution in [1.82, 2.24) is 4.98 Å². The molecule has 172 valence electrons. The summed E-state index contributed by atoms with van der Waals surface area (Å²) in [6.45, 7) is -1.70. The Morgan fingerprint density at radius 1 is 1.25 bits per heavy atom. The standard InChI is InChI=1S/C18H12ClF7N4O2/c19-7-1-11(22)14(28-5-7)15(31)29-8-2-9(13(23)10(21)3-8)17(6-20)4-12(18(24,25)26)32-16(27)30-17/h1-3,5,12H,4,6H2,(H2,27,30)(H,29,31). The van der Waals surface area contributed by atoms with Crippen molar-refractivity contribution in [2.45, 2.75) is 24.2 Å². The number of halogens is 8. The van der Waals surface area contributed by atoms with Gasteiger partial charge in [-0.1, -0.05) is 11.6 Å². The molecule has 0 saturated carbocycles. The van der Waals surface area contributed by atoms with Gasteiger partial charge in [-0.25, -0.2) is 27.5 Å². The van der Waals surface area contributed by atoms with Crippen LogP contribution in [-0.2, 0) is 10.3 Å². The van der Waals surface area contributed by atoms with E-state index in [9.17, 15) is 35.5 Å². The second-order valence-corrected chi connectivity index (χ2v) is 7.16. The molecular weight excluding hydrogens is 473 g/mol. The van der Waals surface area contributed by atoms with Gasteiger partial charge in [0.1, 0.15) is 12.2 Å². The first-order valence-electron chi connectivity index (χ1n) is 8.63. The van der Waals surface area contributed by atoms with Gasteiger partial charge in [0.15, 0.2) is 29.2 Å². The van der Waals surface area contributed by atoms with Crippen molar-refractivity contribution < 1.29 is 40.3 Å². The Bertz CT molecular complexity index is 1100. The molecule has 0 saturated heterocycles. The van der Waals surface area contributed by atoms with Crippen molar-refractivity contribution in [2.75, 3.05) is 12.0 Å². The van der Waals surface area contributed by atoms with Crippen LogP contribution in [0.1, 0.15) is 22.5 Å². The lowest BCUT2D eigenvalue weighted by Gasteiger charge is -2.36. The number of amides is 1. The number of hydrogen-bond donors (Lipinski definition) is 2. The molecule has 1 amide bonds. The summed E-state index contributed by atoms with van der Waals surface area (Å²) in [4.78, 5) is 19.2. The Morgan fingerprint density at radius 3 is 2.53 bits per heavy atom. The first-order valence-corrected chi connectivity index (χ1v) is 9.00. The van der Waals surface area contributed by atoms with E-state index in [-0.39, 0.29) is 5.02 Å². The minimum Gasteiger partial charge on any atom is -0.452 e. The number of nitrogens with one attached hydrogen (secondary N) is 1. The number of pyridine rings is 1. The van der Waals surface area contributed by atoms with Gasteiger partial charge in [0, 0.05) is 29.9 Å². The summed E-state index contributed by atoms with van der Waals surface area (Å²) in [6.07, 6.45) is -7.97. The molecule has 2 heterocycles. The number of ether oxygens (including phenoxy) is 1. The van der Waals surface area contributed by atoms with E-state index in [1.54, 1.807) is 0 Å². The molecule has 3 rings (SSSR count). The highest BCUT2D eigenvalue weighted by Crippen LogP contribution is 2.42. The Morgan fingerprint density at radius 2 is 1.94 bits per heavy atom. The zero-order valence-electron chi connectivity index (χ0n) is 15.6. The number of nitrogens with zero attached hydrogens (tertiary/aromatic N) is 2. The number of aliphatic imine (C=N–C) groups is 1. The fraction of sp³-hybridized carbons (Fsp3) is 0.278. The van der Waals surface area contributed by atoms with Crippen molar-refractivity contribution in [3.8, 4) is 0 Å². The minimum atomic E-state index is -5.01. The first kappa shape index (κ1) is 23.6. The van der Waals surface area contributed by atoms with Crippen LogP contribution in [0.25, 0.3) is 0 Å². The molecule has 0 spiro atoms. The number of carbonyl (C=O) groups excluding carboxylic acids is 1. The minimum absolute atomic E-state index is 0.117.